The topological polar surface area (TPSA) is 59.0 Å². The van der Waals surface area contributed by atoms with Gasteiger partial charge in [0.05, 0.1) is 24.7 Å². The van der Waals surface area contributed by atoms with Crippen molar-refractivity contribution in [1.82, 2.24) is 4.90 Å². The molecule has 2 atom stereocenters. The predicted molar refractivity (Wildman–Crippen MR) is 88.4 cm³/mol. The highest BCUT2D eigenvalue weighted by atomic mass is 16.5. The van der Waals surface area contributed by atoms with E-state index in [4.69, 9.17) is 9.47 Å². The third kappa shape index (κ3) is 5.52. The van der Waals surface area contributed by atoms with Crippen LogP contribution in [0.3, 0.4) is 0 Å². The molecule has 0 unspecified atom stereocenters. The summed E-state index contributed by atoms with van der Waals surface area (Å²) in [5.74, 6) is 0.763. The molecule has 1 heterocycles. The van der Waals surface area contributed by atoms with Crippen molar-refractivity contribution in [2.45, 2.75) is 51.4 Å². The van der Waals surface area contributed by atoms with E-state index in [2.05, 4.69) is 0 Å². The van der Waals surface area contributed by atoms with E-state index in [1.165, 1.54) is 0 Å². The lowest BCUT2D eigenvalue weighted by Gasteiger charge is -2.42. The summed E-state index contributed by atoms with van der Waals surface area (Å²) in [5, 5.41) is 9.70. The molecule has 128 valence electrons. The summed E-state index contributed by atoms with van der Waals surface area (Å²) in [5.41, 5.74) is -0.421. The third-order valence-corrected chi connectivity index (χ3v) is 3.89. The normalized spacial score (nSPS) is 21.7. The maximum absolute atomic E-state index is 12.3. The van der Waals surface area contributed by atoms with Crippen LogP contribution >= 0.6 is 0 Å². The zero-order valence-corrected chi connectivity index (χ0v) is 14.2. The number of para-hydroxylation sites is 1. The molecule has 1 aromatic rings. The first-order valence-corrected chi connectivity index (χ1v) is 8.21. The average molecular weight is 321 g/mol. The Hall–Kier alpha value is -1.59. The molecular formula is C18H27NO4. The predicted octanol–water partition coefficient (Wildman–Crippen LogP) is 2.23. The molecule has 0 aliphatic carbocycles. The van der Waals surface area contributed by atoms with E-state index in [9.17, 15) is 9.90 Å². The van der Waals surface area contributed by atoms with E-state index in [1.807, 2.05) is 51.1 Å². The van der Waals surface area contributed by atoms with Gasteiger partial charge in [-0.25, -0.2) is 0 Å². The maximum Gasteiger partial charge on any atom is 0.225 e. The van der Waals surface area contributed by atoms with Gasteiger partial charge < -0.3 is 19.5 Å². The highest BCUT2D eigenvalue weighted by Crippen LogP contribution is 2.23. The summed E-state index contributed by atoms with van der Waals surface area (Å²) in [6.45, 7) is 7.23. The van der Waals surface area contributed by atoms with Gasteiger partial charge in [-0.3, -0.25) is 4.79 Å². The van der Waals surface area contributed by atoms with Crippen molar-refractivity contribution in [2.24, 2.45) is 0 Å². The van der Waals surface area contributed by atoms with Crippen molar-refractivity contribution >= 4 is 5.91 Å². The molecule has 0 bridgehead atoms. The smallest absolute Gasteiger partial charge is 0.225 e. The van der Waals surface area contributed by atoms with E-state index >= 15 is 0 Å². The van der Waals surface area contributed by atoms with Crippen LogP contribution in [0.1, 0.15) is 33.6 Å². The van der Waals surface area contributed by atoms with Crippen molar-refractivity contribution in [3.63, 3.8) is 0 Å². The van der Waals surface area contributed by atoms with Crippen molar-refractivity contribution in [3.8, 4) is 5.75 Å². The summed E-state index contributed by atoms with van der Waals surface area (Å²) in [6.07, 6.45) is -0.00654. The van der Waals surface area contributed by atoms with Gasteiger partial charge in [-0.1, -0.05) is 25.1 Å². The Labute approximate surface area is 138 Å². The monoisotopic (exact) mass is 321 g/mol. The molecule has 1 saturated heterocycles. The minimum Gasteiger partial charge on any atom is -0.491 e. The molecule has 2 rings (SSSR count). The van der Waals surface area contributed by atoms with Crippen LogP contribution in [-0.4, -0.2) is 53.4 Å². The fourth-order valence-electron chi connectivity index (χ4n) is 2.75. The van der Waals surface area contributed by atoms with Gasteiger partial charge >= 0.3 is 0 Å². The first kappa shape index (κ1) is 17.8. The molecule has 1 N–H and O–H groups in total. The summed E-state index contributed by atoms with van der Waals surface area (Å²) >= 11 is 0. The Morgan fingerprint density at radius 2 is 2.13 bits per heavy atom. The number of carbonyl (C=O) groups excluding carboxylic acids is 1. The zero-order valence-electron chi connectivity index (χ0n) is 14.2. The molecule has 1 aliphatic heterocycles. The van der Waals surface area contributed by atoms with Crippen molar-refractivity contribution < 1.29 is 19.4 Å². The Bertz CT molecular complexity index is 503. The number of morpholine rings is 1. The van der Waals surface area contributed by atoms with Crippen molar-refractivity contribution in [2.75, 3.05) is 19.7 Å². The van der Waals surface area contributed by atoms with E-state index in [0.29, 0.717) is 26.1 Å². The van der Waals surface area contributed by atoms with Crippen LogP contribution in [0.25, 0.3) is 0 Å². The molecule has 1 aromatic carbocycles. The van der Waals surface area contributed by atoms with Crippen LogP contribution in [-0.2, 0) is 9.53 Å². The first-order chi connectivity index (χ1) is 10.9. The van der Waals surface area contributed by atoms with Gasteiger partial charge in [-0.05, 0) is 32.4 Å². The minimum absolute atomic E-state index is 0.0274. The summed E-state index contributed by atoms with van der Waals surface area (Å²) in [7, 11) is 0. The van der Waals surface area contributed by atoms with Crippen LogP contribution in [0.5, 0.6) is 5.75 Å². The zero-order chi connectivity index (χ0) is 16.9. The van der Waals surface area contributed by atoms with Gasteiger partial charge in [0.1, 0.15) is 18.5 Å². The van der Waals surface area contributed by atoms with Gasteiger partial charge in [-0.15, -0.1) is 0 Å². The summed E-state index contributed by atoms with van der Waals surface area (Å²) < 4.78 is 11.8. The van der Waals surface area contributed by atoms with Gasteiger partial charge in [0.25, 0.3) is 0 Å². The number of rotatable bonds is 6. The lowest BCUT2D eigenvalue weighted by Crippen LogP contribution is -2.56. The Morgan fingerprint density at radius 3 is 2.78 bits per heavy atom. The number of aliphatic hydroxyl groups is 1. The summed E-state index contributed by atoms with van der Waals surface area (Å²) in [4.78, 5) is 14.1. The third-order valence-electron chi connectivity index (χ3n) is 3.89. The Kier molecular flexibility index (Phi) is 6.02. The number of hydrogen-bond acceptors (Lipinski definition) is 4. The van der Waals surface area contributed by atoms with E-state index < -0.39 is 11.7 Å². The number of benzene rings is 1. The number of hydrogen-bond donors (Lipinski definition) is 1. The molecule has 23 heavy (non-hydrogen) atoms. The number of nitrogens with zero attached hydrogens (tertiary/aromatic N) is 1. The number of carbonyl (C=O) groups is 1. The molecule has 1 amide bonds. The molecule has 0 spiro atoms. The van der Waals surface area contributed by atoms with E-state index in [0.717, 1.165) is 5.75 Å². The molecule has 1 aliphatic rings. The van der Waals surface area contributed by atoms with Gasteiger partial charge in [0, 0.05) is 6.54 Å². The fourth-order valence-corrected chi connectivity index (χ4v) is 2.75. The molecule has 0 saturated carbocycles. The molecule has 0 radical (unpaired) electrons. The first-order valence-electron chi connectivity index (χ1n) is 8.21. The number of ether oxygens (including phenoxy) is 2. The Morgan fingerprint density at radius 1 is 1.43 bits per heavy atom. The summed E-state index contributed by atoms with van der Waals surface area (Å²) in [6, 6.07) is 9.57. The second-order valence-electron chi connectivity index (χ2n) is 6.66. The van der Waals surface area contributed by atoms with Crippen molar-refractivity contribution in [1.29, 1.82) is 0 Å². The van der Waals surface area contributed by atoms with Gasteiger partial charge in [0.15, 0.2) is 0 Å². The fraction of sp³-hybridized carbons (Fsp3) is 0.611. The van der Waals surface area contributed by atoms with E-state index in [-0.39, 0.29) is 18.4 Å². The van der Waals surface area contributed by atoms with Crippen LogP contribution in [0.15, 0.2) is 30.3 Å². The average Bonchev–Trinajstić information content (AvgIpc) is 2.52. The Balaban J connectivity index is 1.94. The number of aliphatic hydroxyl groups excluding tert-OH is 1. The minimum atomic E-state index is -0.576. The second-order valence-corrected chi connectivity index (χ2v) is 6.66. The quantitative estimate of drug-likeness (QED) is 0.873. The van der Waals surface area contributed by atoms with Gasteiger partial charge in [0.2, 0.25) is 5.91 Å². The lowest BCUT2D eigenvalue weighted by atomic mass is 10.0. The largest absolute Gasteiger partial charge is 0.491 e. The van der Waals surface area contributed by atoms with Crippen LogP contribution in [0.2, 0.25) is 0 Å². The standard InChI is InChI=1S/C18H27NO4/c1-4-14(20)10-17(21)19-11-16(23-18(2,3)13-19)12-22-15-8-6-5-7-9-15/h5-9,14,16,20H,4,10-13H2,1-3H3/t14-,16+/m1/s1. The SMILES string of the molecule is CC[C@@H](O)CC(=O)N1C[C@@H](COc2ccccc2)OC(C)(C)C1. The highest BCUT2D eigenvalue weighted by molar-refractivity contribution is 5.77. The molecular weight excluding hydrogens is 294 g/mol. The van der Waals surface area contributed by atoms with Crippen LogP contribution < -0.4 is 4.74 Å². The van der Waals surface area contributed by atoms with Crippen LogP contribution in [0, 0.1) is 0 Å². The second kappa shape index (κ2) is 7.79. The van der Waals surface area contributed by atoms with E-state index in [1.54, 1.807) is 4.90 Å². The van der Waals surface area contributed by atoms with Crippen LogP contribution in [0.4, 0.5) is 0 Å². The molecule has 5 heteroatoms. The maximum atomic E-state index is 12.3. The molecule has 1 fully saturated rings. The molecule has 0 aromatic heterocycles. The molecule has 5 nitrogen and oxygen atoms in total. The highest BCUT2D eigenvalue weighted by Gasteiger charge is 2.36. The van der Waals surface area contributed by atoms with Gasteiger partial charge in [-0.2, -0.15) is 0 Å². The number of amides is 1. The van der Waals surface area contributed by atoms with Crippen molar-refractivity contribution in [3.05, 3.63) is 30.3 Å². The lowest BCUT2D eigenvalue weighted by molar-refractivity contribution is -0.166.